The first-order chi connectivity index (χ1) is 16.2. The third kappa shape index (κ3) is 7.45. The molecule has 0 saturated heterocycles. The fraction of sp³-hybridized carbons (Fsp3) is 0.600. The number of carbonyl (C=O) groups excluding carboxylic acids is 4. The lowest BCUT2D eigenvalue weighted by Gasteiger charge is -2.28. The molecule has 1 heterocycles. The minimum atomic E-state index is -0.808. The molecule has 0 bridgehead atoms. The highest BCUT2D eigenvalue weighted by atomic mass is 35.5. The molecule has 0 radical (unpaired) electrons. The van der Waals surface area contributed by atoms with Crippen molar-refractivity contribution < 1.29 is 19.2 Å². The van der Waals surface area contributed by atoms with E-state index in [4.69, 9.17) is 17.3 Å². The molecule has 1 aliphatic rings. The topological polar surface area (TPSA) is 113 Å². The number of likely N-dealkylation sites (N-methyl/N-ethyl adjacent to an activating group) is 1. The molecule has 2 rings (SSSR count). The monoisotopic (exact) mass is 492 g/mol. The zero-order valence-corrected chi connectivity index (χ0v) is 21.2. The van der Waals surface area contributed by atoms with E-state index in [9.17, 15) is 19.2 Å². The summed E-state index contributed by atoms with van der Waals surface area (Å²) in [4.78, 5) is 53.3. The van der Waals surface area contributed by atoms with Gasteiger partial charge in [0.05, 0.1) is 11.3 Å². The number of carbonyl (C=O) groups is 4. The summed E-state index contributed by atoms with van der Waals surface area (Å²) in [6.45, 7) is 4.16. The number of nitrogens with zero attached hydrogens (tertiary/aromatic N) is 2. The molecule has 0 aromatic heterocycles. The molecule has 1 aromatic rings. The smallest absolute Gasteiger partial charge is 0.256 e. The number of fused-ring (bicyclic) bond motifs is 1. The molecule has 9 heteroatoms. The first kappa shape index (κ1) is 27.6. The number of rotatable bonds is 13. The summed E-state index contributed by atoms with van der Waals surface area (Å²) in [5.41, 5.74) is 6.12. The van der Waals surface area contributed by atoms with Crippen LogP contribution in [0.15, 0.2) is 18.2 Å². The van der Waals surface area contributed by atoms with Gasteiger partial charge >= 0.3 is 0 Å². The zero-order valence-electron chi connectivity index (χ0n) is 20.4. The van der Waals surface area contributed by atoms with E-state index in [2.05, 4.69) is 12.2 Å². The van der Waals surface area contributed by atoms with Gasteiger partial charge in [-0.1, -0.05) is 57.0 Å². The Morgan fingerprint density at radius 1 is 1.12 bits per heavy atom. The largest absolute Gasteiger partial charge is 0.368 e. The first-order valence-corrected chi connectivity index (χ1v) is 12.5. The number of amides is 4. The summed E-state index contributed by atoms with van der Waals surface area (Å²) in [6, 6.07) is 3.33. The Morgan fingerprint density at radius 3 is 2.41 bits per heavy atom. The molecular weight excluding hydrogens is 456 g/mol. The molecule has 0 spiro atoms. The van der Waals surface area contributed by atoms with Gasteiger partial charge in [-0.15, -0.1) is 0 Å². The number of nitrogens with one attached hydrogen (secondary N) is 1. The molecule has 188 valence electrons. The second-order valence-electron chi connectivity index (χ2n) is 8.93. The van der Waals surface area contributed by atoms with Gasteiger partial charge in [0.25, 0.3) is 5.91 Å². The van der Waals surface area contributed by atoms with Crippen LogP contribution in [-0.4, -0.2) is 54.2 Å². The van der Waals surface area contributed by atoms with E-state index in [0.29, 0.717) is 22.8 Å². The number of unbranched alkanes of at least 4 members (excludes halogenated alkanes) is 6. The van der Waals surface area contributed by atoms with Gasteiger partial charge < -0.3 is 20.9 Å². The molecule has 4 amide bonds. The SMILES string of the molecule is CCCCCCCCCN1C(=O)[C@@H](CCC(=O)N[C@@H](C)C(N)=O)N(C)C(=O)c2ccc(Cl)cc21. The zero-order chi connectivity index (χ0) is 25.3. The Labute approximate surface area is 207 Å². The molecule has 1 aliphatic heterocycles. The van der Waals surface area contributed by atoms with Crippen molar-refractivity contribution in [1.82, 2.24) is 10.2 Å². The number of nitrogens with two attached hydrogens (primary N) is 1. The van der Waals surface area contributed by atoms with E-state index >= 15 is 0 Å². The van der Waals surface area contributed by atoms with Gasteiger partial charge in [0, 0.05) is 25.0 Å². The third-order valence-electron chi connectivity index (χ3n) is 6.25. The molecule has 0 fully saturated rings. The van der Waals surface area contributed by atoms with E-state index in [1.165, 1.54) is 37.5 Å². The molecule has 34 heavy (non-hydrogen) atoms. The van der Waals surface area contributed by atoms with Crippen LogP contribution in [0.5, 0.6) is 0 Å². The molecule has 3 N–H and O–H groups in total. The van der Waals surface area contributed by atoms with E-state index in [1.807, 2.05) is 0 Å². The Balaban J connectivity index is 2.16. The van der Waals surface area contributed by atoms with E-state index in [1.54, 1.807) is 30.1 Å². The number of hydrogen-bond donors (Lipinski definition) is 2. The number of hydrogen-bond acceptors (Lipinski definition) is 4. The van der Waals surface area contributed by atoms with Crippen LogP contribution in [0, 0.1) is 0 Å². The summed E-state index contributed by atoms with van der Waals surface area (Å²) in [5.74, 6) is -1.57. The van der Waals surface area contributed by atoms with E-state index in [0.717, 1.165) is 19.3 Å². The van der Waals surface area contributed by atoms with Crippen molar-refractivity contribution in [2.24, 2.45) is 5.73 Å². The molecule has 0 aliphatic carbocycles. The van der Waals surface area contributed by atoms with E-state index < -0.39 is 23.9 Å². The Bertz CT molecular complexity index is 892. The van der Waals surface area contributed by atoms with Crippen LogP contribution in [0.1, 0.15) is 82.0 Å². The summed E-state index contributed by atoms with van der Waals surface area (Å²) < 4.78 is 0. The van der Waals surface area contributed by atoms with Crippen molar-refractivity contribution in [3.05, 3.63) is 28.8 Å². The number of benzene rings is 1. The highest BCUT2D eigenvalue weighted by Gasteiger charge is 2.37. The van der Waals surface area contributed by atoms with Crippen LogP contribution < -0.4 is 16.0 Å². The molecule has 1 aromatic carbocycles. The second-order valence-corrected chi connectivity index (χ2v) is 9.37. The maximum absolute atomic E-state index is 13.6. The van der Waals surface area contributed by atoms with Gasteiger partial charge in [-0.05, 0) is 38.0 Å². The number of anilines is 1. The summed E-state index contributed by atoms with van der Waals surface area (Å²) in [6.07, 6.45) is 7.84. The van der Waals surface area contributed by atoms with Gasteiger partial charge in [-0.2, -0.15) is 0 Å². The van der Waals surface area contributed by atoms with Crippen molar-refractivity contribution in [3.63, 3.8) is 0 Å². The van der Waals surface area contributed by atoms with Crippen LogP contribution in [0.25, 0.3) is 0 Å². The fourth-order valence-corrected chi connectivity index (χ4v) is 4.30. The molecule has 8 nitrogen and oxygen atoms in total. The second kappa shape index (κ2) is 13.3. The van der Waals surface area contributed by atoms with Gasteiger partial charge in [-0.25, -0.2) is 0 Å². The minimum absolute atomic E-state index is 0.0198. The standard InChI is InChI=1S/C25H37ClN4O4/c1-4-5-6-7-8-9-10-15-30-21-16-18(26)11-12-19(21)24(33)29(3)20(25(30)34)13-14-22(31)28-17(2)23(27)32/h11-12,16-17,20H,4-10,13-15H2,1-3H3,(H2,27,32)(H,28,31)/t17-,20+/m0/s1. The highest BCUT2D eigenvalue weighted by molar-refractivity contribution is 6.31. The maximum Gasteiger partial charge on any atom is 0.256 e. The van der Waals surface area contributed by atoms with Crippen LogP contribution in [0.2, 0.25) is 5.02 Å². The van der Waals surface area contributed by atoms with Gasteiger partial charge in [-0.3, -0.25) is 19.2 Å². The molecule has 0 unspecified atom stereocenters. The normalized spacial score (nSPS) is 16.8. The molecular formula is C25H37ClN4O4. The Hall–Kier alpha value is -2.61. The average Bonchev–Trinajstić information content (AvgIpc) is 2.86. The van der Waals surface area contributed by atoms with Crippen LogP contribution in [0.3, 0.4) is 0 Å². The van der Waals surface area contributed by atoms with Gasteiger partial charge in [0.1, 0.15) is 12.1 Å². The molecule has 0 saturated carbocycles. The Morgan fingerprint density at radius 2 is 1.76 bits per heavy atom. The summed E-state index contributed by atoms with van der Waals surface area (Å²) >= 11 is 6.22. The summed E-state index contributed by atoms with van der Waals surface area (Å²) in [7, 11) is 1.57. The number of halogens is 1. The summed E-state index contributed by atoms with van der Waals surface area (Å²) in [5, 5.41) is 2.96. The van der Waals surface area contributed by atoms with Gasteiger partial charge in [0.2, 0.25) is 17.7 Å². The lowest BCUT2D eigenvalue weighted by Crippen LogP contribution is -2.48. The predicted molar refractivity (Wildman–Crippen MR) is 134 cm³/mol. The van der Waals surface area contributed by atoms with Crippen molar-refractivity contribution >= 4 is 40.9 Å². The predicted octanol–water partition coefficient (Wildman–Crippen LogP) is 3.65. The van der Waals surface area contributed by atoms with Crippen LogP contribution in [0.4, 0.5) is 5.69 Å². The van der Waals surface area contributed by atoms with Gasteiger partial charge in [0.15, 0.2) is 0 Å². The highest BCUT2D eigenvalue weighted by Crippen LogP contribution is 2.31. The lowest BCUT2D eigenvalue weighted by molar-refractivity contribution is -0.127. The van der Waals surface area contributed by atoms with E-state index in [-0.39, 0.29) is 24.7 Å². The molecule has 2 atom stereocenters. The van der Waals surface area contributed by atoms with Crippen LogP contribution >= 0.6 is 11.6 Å². The minimum Gasteiger partial charge on any atom is -0.368 e. The van der Waals surface area contributed by atoms with Crippen molar-refractivity contribution in [1.29, 1.82) is 0 Å². The maximum atomic E-state index is 13.6. The first-order valence-electron chi connectivity index (χ1n) is 12.1. The quantitative estimate of drug-likeness (QED) is 0.409. The Kier molecular flexibility index (Phi) is 10.8. The lowest BCUT2D eigenvalue weighted by atomic mass is 10.1. The van der Waals surface area contributed by atoms with Crippen molar-refractivity contribution in [2.75, 3.05) is 18.5 Å². The average molecular weight is 493 g/mol. The number of primary amides is 1. The van der Waals surface area contributed by atoms with Crippen molar-refractivity contribution in [3.8, 4) is 0 Å². The fourth-order valence-electron chi connectivity index (χ4n) is 4.13. The van der Waals surface area contributed by atoms with Crippen LogP contribution in [-0.2, 0) is 14.4 Å². The third-order valence-corrected chi connectivity index (χ3v) is 6.49. The van der Waals surface area contributed by atoms with Crippen molar-refractivity contribution in [2.45, 2.75) is 83.7 Å².